The molecule has 1 saturated heterocycles. The summed E-state index contributed by atoms with van der Waals surface area (Å²) in [6.07, 6.45) is 1.60. The van der Waals surface area contributed by atoms with E-state index in [4.69, 9.17) is 4.74 Å². The molecule has 0 bridgehead atoms. The topological polar surface area (TPSA) is 29.5 Å². The summed E-state index contributed by atoms with van der Waals surface area (Å²) in [6.45, 7) is 3.11. The van der Waals surface area contributed by atoms with Gasteiger partial charge in [0, 0.05) is 11.8 Å². The van der Waals surface area contributed by atoms with Crippen molar-refractivity contribution in [3.8, 4) is 0 Å². The molecule has 3 heteroatoms. The van der Waals surface area contributed by atoms with Gasteiger partial charge in [0.05, 0.1) is 6.54 Å². The molecule has 0 atom stereocenters. The van der Waals surface area contributed by atoms with Crippen molar-refractivity contribution in [3.63, 3.8) is 0 Å². The highest BCUT2D eigenvalue weighted by molar-refractivity contribution is 5.82. The van der Waals surface area contributed by atoms with Crippen LogP contribution in [0.2, 0.25) is 0 Å². The number of carbonyl (C=O) groups excluding carboxylic acids is 1. The Labute approximate surface area is 124 Å². The monoisotopic (exact) mass is 279 g/mol. The minimum absolute atomic E-state index is 0.282. The van der Waals surface area contributed by atoms with E-state index in [2.05, 4.69) is 31.2 Å². The van der Waals surface area contributed by atoms with Crippen LogP contribution in [-0.4, -0.2) is 24.1 Å². The van der Waals surface area contributed by atoms with Gasteiger partial charge in [0.25, 0.3) is 0 Å². The van der Waals surface area contributed by atoms with Gasteiger partial charge in [0.15, 0.2) is 0 Å². The van der Waals surface area contributed by atoms with Gasteiger partial charge in [-0.2, -0.15) is 0 Å². The Morgan fingerprint density at radius 2 is 1.71 bits per heavy atom. The highest BCUT2D eigenvalue weighted by Crippen LogP contribution is 2.25. The number of aryl methyl sites for hydroxylation is 1. The average Bonchev–Trinajstić information content (AvgIpc) is 2.92. The molecule has 2 aromatic rings. The van der Waals surface area contributed by atoms with Crippen molar-refractivity contribution in [2.24, 2.45) is 0 Å². The zero-order valence-electron chi connectivity index (χ0n) is 12.0. The van der Waals surface area contributed by atoms with Gasteiger partial charge < -0.3 is 4.74 Å². The summed E-state index contributed by atoms with van der Waals surface area (Å²) in [4.78, 5) is 13.3. The SMILES string of the molecule is Cc1ccc(/C(=C\N2CCOC2=O)c2ccccc2)cc1. The van der Waals surface area contributed by atoms with Gasteiger partial charge in [-0.05, 0) is 18.1 Å². The molecule has 0 aliphatic carbocycles. The van der Waals surface area contributed by atoms with Crippen LogP contribution in [0.15, 0.2) is 60.8 Å². The molecule has 1 aliphatic rings. The number of hydrogen-bond acceptors (Lipinski definition) is 2. The first kappa shape index (κ1) is 13.4. The summed E-state index contributed by atoms with van der Waals surface area (Å²) < 4.78 is 5.00. The van der Waals surface area contributed by atoms with Crippen LogP contribution in [0.5, 0.6) is 0 Å². The van der Waals surface area contributed by atoms with E-state index >= 15 is 0 Å². The van der Waals surface area contributed by atoms with Crippen LogP contribution < -0.4 is 0 Å². The second kappa shape index (κ2) is 5.83. The number of ether oxygens (including phenoxy) is 1. The molecule has 0 saturated carbocycles. The Hall–Kier alpha value is -2.55. The normalized spacial score (nSPS) is 15.2. The Balaban J connectivity index is 2.04. The number of amides is 1. The summed E-state index contributed by atoms with van der Waals surface area (Å²) in [5.74, 6) is 0. The molecule has 3 nitrogen and oxygen atoms in total. The van der Waals surface area contributed by atoms with Crippen molar-refractivity contribution in [3.05, 3.63) is 77.5 Å². The lowest BCUT2D eigenvalue weighted by molar-refractivity contribution is 0.166. The summed E-state index contributed by atoms with van der Waals surface area (Å²) >= 11 is 0. The van der Waals surface area contributed by atoms with Crippen LogP contribution in [0.25, 0.3) is 5.57 Å². The van der Waals surface area contributed by atoms with E-state index < -0.39 is 0 Å². The Morgan fingerprint density at radius 1 is 1.05 bits per heavy atom. The highest BCUT2D eigenvalue weighted by Gasteiger charge is 2.21. The number of rotatable bonds is 3. The molecule has 0 N–H and O–H groups in total. The van der Waals surface area contributed by atoms with Crippen LogP contribution in [-0.2, 0) is 4.74 Å². The number of hydrogen-bond donors (Lipinski definition) is 0. The van der Waals surface area contributed by atoms with Gasteiger partial charge in [-0.25, -0.2) is 4.79 Å². The molecular weight excluding hydrogens is 262 g/mol. The fraction of sp³-hybridized carbons (Fsp3) is 0.167. The van der Waals surface area contributed by atoms with E-state index in [9.17, 15) is 4.79 Å². The standard InChI is InChI=1S/C18H17NO2/c1-14-7-9-16(10-8-14)17(15-5-3-2-4-6-15)13-19-11-12-21-18(19)20/h2-10,13H,11-12H2,1H3/b17-13-. The van der Waals surface area contributed by atoms with Gasteiger partial charge in [-0.1, -0.05) is 60.2 Å². The highest BCUT2D eigenvalue weighted by atomic mass is 16.6. The van der Waals surface area contributed by atoms with Crippen molar-refractivity contribution >= 4 is 11.7 Å². The van der Waals surface area contributed by atoms with E-state index in [1.807, 2.05) is 36.5 Å². The third kappa shape index (κ3) is 2.97. The molecule has 1 heterocycles. The number of benzene rings is 2. The first-order valence-electron chi connectivity index (χ1n) is 7.02. The second-order valence-electron chi connectivity index (χ2n) is 5.08. The van der Waals surface area contributed by atoms with Gasteiger partial charge in [0.1, 0.15) is 6.61 Å². The molecule has 0 spiro atoms. The first-order valence-corrected chi connectivity index (χ1v) is 7.02. The van der Waals surface area contributed by atoms with Crippen LogP contribution in [0.1, 0.15) is 16.7 Å². The van der Waals surface area contributed by atoms with Crippen LogP contribution in [0, 0.1) is 6.92 Å². The molecule has 1 amide bonds. The molecule has 0 radical (unpaired) electrons. The molecule has 0 unspecified atom stereocenters. The van der Waals surface area contributed by atoms with E-state index in [0.717, 1.165) is 16.7 Å². The maximum absolute atomic E-state index is 11.7. The Morgan fingerprint density at radius 3 is 2.33 bits per heavy atom. The van der Waals surface area contributed by atoms with Crippen LogP contribution in [0.4, 0.5) is 4.79 Å². The maximum atomic E-state index is 11.7. The van der Waals surface area contributed by atoms with Crippen molar-refractivity contribution < 1.29 is 9.53 Å². The fourth-order valence-corrected chi connectivity index (χ4v) is 2.35. The maximum Gasteiger partial charge on any atom is 0.414 e. The van der Waals surface area contributed by atoms with Gasteiger partial charge in [-0.3, -0.25) is 4.90 Å². The molecule has 21 heavy (non-hydrogen) atoms. The molecule has 1 aliphatic heterocycles. The zero-order valence-corrected chi connectivity index (χ0v) is 12.0. The lowest BCUT2D eigenvalue weighted by Crippen LogP contribution is -2.17. The van der Waals surface area contributed by atoms with Crippen molar-refractivity contribution in [2.75, 3.05) is 13.2 Å². The number of nitrogens with zero attached hydrogens (tertiary/aromatic N) is 1. The Bertz CT molecular complexity index is 659. The van der Waals surface area contributed by atoms with Gasteiger partial charge in [-0.15, -0.1) is 0 Å². The van der Waals surface area contributed by atoms with Crippen molar-refractivity contribution in [1.82, 2.24) is 4.90 Å². The minimum atomic E-state index is -0.282. The van der Waals surface area contributed by atoms with Crippen molar-refractivity contribution in [2.45, 2.75) is 6.92 Å². The second-order valence-corrected chi connectivity index (χ2v) is 5.08. The molecule has 2 aromatic carbocycles. The van der Waals surface area contributed by atoms with E-state index in [1.165, 1.54) is 5.56 Å². The summed E-state index contributed by atoms with van der Waals surface area (Å²) in [5.41, 5.74) is 4.41. The largest absolute Gasteiger partial charge is 0.447 e. The first-order chi connectivity index (χ1) is 10.2. The smallest absolute Gasteiger partial charge is 0.414 e. The van der Waals surface area contributed by atoms with Gasteiger partial charge >= 0.3 is 6.09 Å². The fourth-order valence-electron chi connectivity index (χ4n) is 2.35. The average molecular weight is 279 g/mol. The summed E-state index contributed by atoms with van der Waals surface area (Å²) in [5, 5.41) is 0. The third-order valence-corrected chi connectivity index (χ3v) is 3.52. The molecule has 1 fully saturated rings. The van der Waals surface area contributed by atoms with E-state index in [-0.39, 0.29) is 6.09 Å². The lowest BCUT2D eigenvalue weighted by Gasteiger charge is -2.13. The van der Waals surface area contributed by atoms with Crippen LogP contribution in [0.3, 0.4) is 0 Å². The zero-order chi connectivity index (χ0) is 14.7. The minimum Gasteiger partial charge on any atom is -0.447 e. The summed E-state index contributed by atoms with van der Waals surface area (Å²) in [6, 6.07) is 18.4. The molecule has 0 aromatic heterocycles. The van der Waals surface area contributed by atoms with Crippen LogP contribution >= 0.6 is 0 Å². The third-order valence-electron chi connectivity index (χ3n) is 3.52. The molecular formula is C18H17NO2. The Kier molecular flexibility index (Phi) is 3.73. The number of cyclic esters (lactones) is 1. The lowest BCUT2D eigenvalue weighted by atomic mass is 9.98. The van der Waals surface area contributed by atoms with E-state index in [0.29, 0.717) is 13.2 Å². The van der Waals surface area contributed by atoms with Gasteiger partial charge in [0.2, 0.25) is 0 Å². The molecule has 106 valence electrons. The quantitative estimate of drug-likeness (QED) is 0.854. The van der Waals surface area contributed by atoms with Crippen molar-refractivity contribution in [1.29, 1.82) is 0 Å². The predicted octanol–water partition coefficient (Wildman–Crippen LogP) is 3.84. The molecule has 3 rings (SSSR count). The predicted molar refractivity (Wildman–Crippen MR) is 82.8 cm³/mol. The number of carbonyl (C=O) groups is 1. The summed E-state index contributed by atoms with van der Waals surface area (Å²) in [7, 11) is 0. The van der Waals surface area contributed by atoms with E-state index in [1.54, 1.807) is 4.90 Å².